The molecule has 0 amide bonds. The van der Waals surface area contributed by atoms with Gasteiger partial charge in [0.2, 0.25) is 0 Å². The van der Waals surface area contributed by atoms with Crippen molar-refractivity contribution in [3.63, 3.8) is 0 Å². The van der Waals surface area contributed by atoms with Crippen LogP contribution in [0.1, 0.15) is 12.8 Å². The summed E-state index contributed by atoms with van der Waals surface area (Å²) in [5.41, 5.74) is 0. The van der Waals surface area contributed by atoms with Crippen molar-refractivity contribution in [3.8, 4) is 0 Å². The van der Waals surface area contributed by atoms with Gasteiger partial charge in [0.1, 0.15) is 0 Å². The first-order valence-electron chi connectivity index (χ1n) is 7.88. The van der Waals surface area contributed by atoms with Crippen molar-refractivity contribution >= 4 is 10.1 Å². The van der Waals surface area contributed by atoms with Crippen LogP contribution in [0, 0.1) is 0 Å². The molecule has 224 valence electrons. The largest absolute Gasteiger partial charge is 1.00 e. The summed E-state index contributed by atoms with van der Waals surface area (Å²) in [6.07, 6.45) is -12.9. The van der Waals surface area contributed by atoms with Gasteiger partial charge in [0, 0.05) is 12.8 Å². The SMILES string of the molecule is O=S(=O)([O-])C(F)(F)C(F)(F)C(F)(F)C(F)(F)C(F)(F)C(F)(F)C(F)(F)C(F)(F)C(F)(F)CCC(F)(F)F.[Na+]. The third-order valence-corrected chi connectivity index (χ3v) is 5.11. The van der Waals surface area contributed by atoms with Gasteiger partial charge in [-0.25, -0.2) is 8.42 Å². The molecule has 0 saturated carbocycles. The van der Waals surface area contributed by atoms with Gasteiger partial charge >= 0.3 is 88.4 Å². The van der Waals surface area contributed by atoms with Crippen molar-refractivity contribution in [1.82, 2.24) is 0 Å². The van der Waals surface area contributed by atoms with E-state index in [0.29, 0.717) is 0 Å². The van der Waals surface area contributed by atoms with Crippen molar-refractivity contribution in [3.05, 3.63) is 0 Å². The second-order valence-electron chi connectivity index (χ2n) is 6.81. The van der Waals surface area contributed by atoms with Crippen LogP contribution in [0.2, 0.25) is 0 Å². The van der Waals surface area contributed by atoms with Crippen LogP contribution in [-0.4, -0.2) is 71.8 Å². The summed E-state index contributed by atoms with van der Waals surface area (Å²) in [6.45, 7) is 0. The van der Waals surface area contributed by atoms with Crippen LogP contribution in [0.3, 0.4) is 0 Å². The maximum atomic E-state index is 13.5. The summed E-state index contributed by atoms with van der Waals surface area (Å²) in [4.78, 5) is 0. The van der Waals surface area contributed by atoms with Crippen LogP contribution >= 0.6 is 0 Å². The summed E-state index contributed by atoms with van der Waals surface area (Å²) < 4.78 is 305. The Kier molecular flexibility index (Phi) is 10.5. The predicted octanol–water partition coefficient (Wildman–Crippen LogP) is 3.55. The minimum absolute atomic E-state index is 0. The minimum atomic E-state index is -9.25. The Morgan fingerprint density at radius 3 is 0.895 bits per heavy atom. The monoisotopic (exact) mass is 650 g/mol. The van der Waals surface area contributed by atoms with Gasteiger partial charge in [-0.1, -0.05) is 0 Å². The first-order valence-corrected chi connectivity index (χ1v) is 9.29. The summed E-state index contributed by atoms with van der Waals surface area (Å²) in [7, 11) is -8.31. The fourth-order valence-corrected chi connectivity index (χ4v) is 2.45. The van der Waals surface area contributed by atoms with E-state index in [2.05, 4.69) is 0 Å². The summed E-state index contributed by atoms with van der Waals surface area (Å²) >= 11 is 0. The van der Waals surface area contributed by atoms with Gasteiger partial charge < -0.3 is 4.55 Å². The van der Waals surface area contributed by atoms with Gasteiger partial charge in [0.15, 0.2) is 10.1 Å². The van der Waals surface area contributed by atoms with Gasteiger partial charge in [-0.3, -0.25) is 0 Å². The number of hydrogen-bond donors (Lipinski definition) is 0. The molecule has 0 radical (unpaired) electrons. The van der Waals surface area contributed by atoms with E-state index in [1.165, 1.54) is 0 Å². The molecule has 0 rings (SSSR count). The molecule has 0 aliphatic rings. The molecule has 0 aromatic rings. The number of halogens is 21. The van der Waals surface area contributed by atoms with Crippen LogP contribution in [-0.2, 0) is 10.1 Å². The van der Waals surface area contributed by atoms with Crippen LogP contribution in [0.15, 0.2) is 0 Å². The second kappa shape index (κ2) is 10.1. The maximum Gasteiger partial charge on any atom is 1.00 e. The van der Waals surface area contributed by atoms with Crippen LogP contribution in [0.4, 0.5) is 92.2 Å². The predicted molar refractivity (Wildman–Crippen MR) is 69.5 cm³/mol. The molecule has 0 unspecified atom stereocenters. The topological polar surface area (TPSA) is 57.2 Å². The average Bonchev–Trinajstić information content (AvgIpc) is 2.63. The first kappa shape index (κ1) is 39.6. The molecule has 0 heterocycles. The van der Waals surface area contributed by atoms with E-state index in [0.717, 1.165) is 0 Å². The normalized spacial score (nSPS) is 16.4. The van der Waals surface area contributed by atoms with E-state index in [4.69, 9.17) is 0 Å². The molecule has 0 atom stereocenters. The van der Waals surface area contributed by atoms with Crippen LogP contribution in [0.5, 0.6) is 0 Å². The van der Waals surface area contributed by atoms with Crippen molar-refractivity contribution in [2.24, 2.45) is 0 Å². The molecule has 0 bridgehead atoms. The van der Waals surface area contributed by atoms with Gasteiger partial charge in [0.25, 0.3) is 0 Å². The molecule has 38 heavy (non-hydrogen) atoms. The smallest absolute Gasteiger partial charge is 0.743 e. The van der Waals surface area contributed by atoms with E-state index >= 15 is 0 Å². The Bertz CT molecular complexity index is 953. The molecule has 0 N–H and O–H groups in total. The van der Waals surface area contributed by atoms with E-state index in [1.807, 2.05) is 0 Å². The van der Waals surface area contributed by atoms with Gasteiger partial charge in [0.05, 0.1) is 0 Å². The molecular formula is C12H4F21NaO3S. The van der Waals surface area contributed by atoms with Crippen molar-refractivity contribution in [1.29, 1.82) is 0 Å². The van der Waals surface area contributed by atoms with Gasteiger partial charge in [-0.05, 0) is 0 Å². The second-order valence-corrected chi connectivity index (χ2v) is 8.23. The Morgan fingerprint density at radius 2 is 0.658 bits per heavy atom. The molecule has 0 aromatic carbocycles. The molecule has 0 aliphatic carbocycles. The standard InChI is InChI=1S/C12H5F21O3S.Na/c13-3(14,1-2-4(15,16)17)5(18,19)6(20,21)7(22,23)8(24,25)9(26,27)10(28,29)11(30,31)12(32,33)37(34,35)36;/h1-2H2,(H,34,35,36);/q;+1/p-1. The quantitative estimate of drug-likeness (QED) is 0.196. The molecule has 0 spiro atoms. The first-order chi connectivity index (χ1) is 15.5. The number of hydrogen-bond acceptors (Lipinski definition) is 3. The summed E-state index contributed by atoms with van der Waals surface area (Å²) in [6, 6.07) is 0. The Labute approximate surface area is 216 Å². The molecule has 0 saturated heterocycles. The summed E-state index contributed by atoms with van der Waals surface area (Å²) in [5.74, 6) is -69.8. The summed E-state index contributed by atoms with van der Waals surface area (Å²) in [5, 5.41) is -8.13. The number of rotatable bonds is 11. The molecule has 3 nitrogen and oxygen atoms in total. The van der Waals surface area contributed by atoms with E-state index in [1.54, 1.807) is 0 Å². The molecule has 0 fully saturated rings. The molecule has 0 aliphatic heterocycles. The fourth-order valence-electron chi connectivity index (χ4n) is 2.01. The Morgan fingerprint density at radius 1 is 0.421 bits per heavy atom. The zero-order valence-electron chi connectivity index (χ0n) is 17.0. The molecular weight excluding hydrogens is 646 g/mol. The van der Waals surface area contributed by atoms with Crippen molar-refractivity contribution in [2.75, 3.05) is 0 Å². The zero-order chi connectivity index (χ0) is 30.9. The fraction of sp³-hybridized carbons (Fsp3) is 1.00. The van der Waals surface area contributed by atoms with Gasteiger partial charge in [-0.15, -0.1) is 0 Å². The van der Waals surface area contributed by atoms with E-state index < -0.39 is 81.8 Å². The third-order valence-electron chi connectivity index (χ3n) is 4.23. The van der Waals surface area contributed by atoms with E-state index in [-0.39, 0.29) is 29.6 Å². The van der Waals surface area contributed by atoms with Crippen molar-refractivity contribution in [2.45, 2.75) is 71.7 Å². The third kappa shape index (κ3) is 5.50. The van der Waals surface area contributed by atoms with Gasteiger partial charge in [-0.2, -0.15) is 92.2 Å². The molecule has 0 aromatic heterocycles. The van der Waals surface area contributed by atoms with Crippen LogP contribution in [0.25, 0.3) is 0 Å². The maximum absolute atomic E-state index is 13.5. The zero-order valence-corrected chi connectivity index (χ0v) is 19.8. The average molecular weight is 650 g/mol. The van der Waals surface area contributed by atoms with E-state index in [9.17, 15) is 105 Å². The van der Waals surface area contributed by atoms with Crippen LogP contribution < -0.4 is 29.6 Å². The Balaban J connectivity index is 0. The minimum Gasteiger partial charge on any atom is -0.743 e. The molecule has 26 heteroatoms. The number of alkyl halides is 21. The van der Waals surface area contributed by atoms with Crippen molar-refractivity contribution < 1.29 is 135 Å². The Hall–Kier alpha value is -0.560.